The molecule has 0 spiro atoms. The normalized spacial score (nSPS) is 19.6. The first-order chi connectivity index (χ1) is 16.8. The van der Waals surface area contributed by atoms with Crippen LogP contribution in [-0.2, 0) is 22.1 Å². The van der Waals surface area contributed by atoms with Gasteiger partial charge in [-0.3, -0.25) is 14.3 Å². The van der Waals surface area contributed by atoms with E-state index in [4.69, 9.17) is 0 Å². The number of benzene rings is 1. The van der Waals surface area contributed by atoms with Crippen molar-refractivity contribution in [2.24, 2.45) is 5.92 Å². The number of carbonyl (C=O) groups is 1. The molecule has 0 saturated heterocycles. The van der Waals surface area contributed by atoms with Crippen molar-refractivity contribution in [1.82, 2.24) is 9.97 Å². The smallest absolute Gasteiger partial charge is 0.265 e. The molecule has 35 heavy (non-hydrogen) atoms. The quantitative estimate of drug-likeness (QED) is 0.404. The minimum atomic E-state index is -4.20. The number of hydrogen-bond donors (Lipinski definition) is 3. The predicted octanol–water partition coefficient (Wildman–Crippen LogP) is 3.79. The Morgan fingerprint density at radius 3 is 2.57 bits per heavy atom. The predicted molar refractivity (Wildman–Crippen MR) is 131 cm³/mol. The third kappa shape index (κ3) is 5.65. The lowest BCUT2D eigenvalue weighted by Crippen LogP contribution is -2.33. The molecule has 1 aromatic carbocycles. The first-order valence-corrected chi connectivity index (χ1v) is 12.8. The zero-order valence-corrected chi connectivity index (χ0v) is 19.7. The van der Waals surface area contributed by atoms with Crippen LogP contribution in [0.1, 0.15) is 40.7 Å². The number of nitrogens with one attached hydrogen (secondary N) is 2. The van der Waals surface area contributed by atoms with Crippen molar-refractivity contribution in [1.29, 1.82) is 5.26 Å². The van der Waals surface area contributed by atoms with Gasteiger partial charge in [-0.2, -0.15) is 13.7 Å². The summed E-state index contributed by atoms with van der Waals surface area (Å²) in [5.41, 5.74) is 1.58. The van der Waals surface area contributed by atoms with E-state index < -0.39 is 27.2 Å². The van der Waals surface area contributed by atoms with Crippen LogP contribution in [0.4, 0.5) is 11.5 Å². The van der Waals surface area contributed by atoms with Crippen LogP contribution in [0.15, 0.2) is 67.1 Å². The summed E-state index contributed by atoms with van der Waals surface area (Å²) in [6.07, 6.45) is 6.74. The lowest BCUT2D eigenvalue weighted by Gasteiger charge is -2.28. The Morgan fingerprint density at radius 2 is 1.89 bits per heavy atom. The van der Waals surface area contributed by atoms with Gasteiger partial charge in [-0.05, 0) is 66.3 Å². The second kappa shape index (κ2) is 10.2. The molecule has 3 N–H and O–H groups in total. The molecule has 2 aromatic heterocycles. The van der Waals surface area contributed by atoms with E-state index >= 15 is 0 Å². The monoisotopic (exact) mass is 491 g/mol. The molecular weight excluding hydrogens is 466 g/mol. The van der Waals surface area contributed by atoms with E-state index in [0.717, 1.165) is 5.56 Å². The van der Waals surface area contributed by atoms with Crippen LogP contribution in [0.25, 0.3) is 0 Å². The highest BCUT2D eigenvalue weighted by Crippen LogP contribution is 2.46. The van der Waals surface area contributed by atoms with Crippen LogP contribution in [0.3, 0.4) is 0 Å². The Hall–Kier alpha value is -3.81. The van der Waals surface area contributed by atoms with Crippen molar-refractivity contribution in [2.75, 3.05) is 16.4 Å². The van der Waals surface area contributed by atoms with Gasteiger partial charge in [0, 0.05) is 30.8 Å². The summed E-state index contributed by atoms with van der Waals surface area (Å²) in [6.45, 7) is 0.482. The molecule has 0 bridgehead atoms. The summed E-state index contributed by atoms with van der Waals surface area (Å²) in [5.74, 6) is -0.841. The van der Waals surface area contributed by atoms with Crippen LogP contribution in [0.5, 0.6) is 0 Å². The zero-order chi connectivity index (χ0) is 24.9. The number of carbonyl (C=O) groups excluding carboxylic acids is 1. The minimum Gasteiger partial charge on any atom is -0.365 e. The van der Waals surface area contributed by atoms with Crippen molar-refractivity contribution in [3.05, 3.63) is 83.8 Å². The van der Waals surface area contributed by atoms with E-state index in [9.17, 15) is 23.0 Å². The highest BCUT2D eigenvalue weighted by Gasteiger charge is 2.46. The van der Waals surface area contributed by atoms with E-state index in [1.54, 1.807) is 55.0 Å². The summed E-state index contributed by atoms with van der Waals surface area (Å²) in [5, 5.41) is 16.0. The molecule has 2 heterocycles. The molecule has 180 valence electrons. The number of pyridine rings is 2. The van der Waals surface area contributed by atoms with Crippen molar-refractivity contribution in [3.63, 3.8) is 0 Å². The van der Waals surface area contributed by atoms with Crippen LogP contribution < -0.4 is 10.6 Å². The molecule has 1 aliphatic rings. The lowest BCUT2D eigenvalue weighted by molar-refractivity contribution is 0.102. The molecule has 0 radical (unpaired) electrons. The molecule has 2 atom stereocenters. The molecule has 1 saturated carbocycles. The van der Waals surface area contributed by atoms with Gasteiger partial charge in [-0.25, -0.2) is 4.98 Å². The van der Waals surface area contributed by atoms with Gasteiger partial charge in [0.05, 0.1) is 22.8 Å². The van der Waals surface area contributed by atoms with Crippen molar-refractivity contribution < 1.29 is 17.8 Å². The average molecular weight is 492 g/mol. The second-order valence-corrected chi connectivity index (χ2v) is 10.1. The van der Waals surface area contributed by atoms with Gasteiger partial charge >= 0.3 is 0 Å². The van der Waals surface area contributed by atoms with E-state index in [-0.39, 0.29) is 5.91 Å². The van der Waals surface area contributed by atoms with E-state index in [1.807, 2.05) is 12.1 Å². The first kappa shape index (κ1) is 24.3. The fourth-order valence-electron chi connectivity index (χ4n) is 4.61. The number of amides is 1. The number of aromatic nitrogens is 2. The minimum absolute atomic E-state index is 0.344. The summed E-state index contributed by atoms with van der Waals surface area (Å²) in [4.78, 5) is 21.2. The second-order valence-electron chi connectivity index (χ2n) is 8.56. The lowest BCUT2D eigenvalue weighted by atomic mass is 9.74. The van der Waals surface area contributed by atoms with Crippen molar-refractivity contribution in [3.8, 4) is 6.07 Å². The molecule has 1 aliphatic carbocycles. The largest absolute Gasteiger partial charge is 0.365 e. The van der Waals surface area contributed by atoms with Gasteiger partial charge in [-0.1, -0.05) is 18.6 Å². The third-order valence-corrected chi connectivity index (χ3v) is 7.18. The fourth-order valence-corrected chi connectivity index (χ4v) is 5.57. The SMILES string of the molecule is N#CC1(c2ccc(NC(=O)c3cccnc3NCc3ccncc3)cc2)CCCC1CS(=O)(=O)O. The Labute approximate surface area is 204 Å². The van der Waals surface area contributed by atoms with Gasteiger partial charge in [0.25, 0.3) is 16.0 Å². The summed E-state index contributed by atoms with van der Waals surface area (Å²) >= 11 is 0. The average Bonchev–Trinajstić information content (AvgIpc) is 3.26. The number of hydrogen-bond acceptors (Lipinski definition) is 7. The highest BCUT2D eigenvalue weighted by molar-refractivity contribution is 7.85. The summed E-state index contributed by atoms with van der Waals surface area (Å²) < 4.78 is 32.3. The van der Waals surface area contributed by atoms with Gasteiger partial charge in [-0.15, -0.1) is 0 Å². The molecule has 4 rings (SSSR count). The first-order valence-electron chi connectivity index (χ1n) is 11.2. The Bertz CT molecular complexity index is 1340. The zero-order valence-electron chi connectivity index (χ0n) is 18.9. The molecule has 3 aromatic rings. The van der Waals surface area contributed by atoms with Crippen LogP contribution >= 0.6 is 0 Å². The molecular formula is C25H25N5O4S. The van der Waals surface area contributed by atoms with E-state index in [2.05, 4.69) is 26.7 Å². The van der Waals surface area contributed by atoms with Crippen molar-refractivity contribution in [2.45, 2.75) is 31.2 Å². The Morgan fingerprint density at radius 1 is 1.14 bits per heavy atom. The fraction of sp³-hybridized carbons (Fsp3) is 0.280. The number of rotatable bonds is 8. The Balaban J connectivity index is 1.48. The van der Waals surface area contributed by atoms with Crippen molar-refractivity contribution >= 4 is 27.5 Å². The van der Waals surface area contributed by atoms with E-state index in [0.29, 0.717) is 48.4 Å². The molecule has 1 amide bonds. The maximum absolute atomic E-state index is 13.0. The van der Waals surface area contributed by atoms with Crippen LogP contribution in [0.2, 0.25) is 0 Å². The van der Waals surface area contributed by atoms with Crippen LogP contribution in [-0.4, -0.2) is 34.6 Å². The van der Waals surface area contributed by atoms with Gasteiger partial charge in [0.1, 0.15) is 5.82 Å². The number of nitrogens with zero attached hydrogens (tertiary/aromatic N) is 3. The van der Waals surface area contributed by atoms with Crippen LogP contribution in [0, 0.1) is 17.2 Å². The van der Waals surface area contributed by atoms with Gasteiger partial charge in [0.15, 0.2) is 0 Å². The topological polar surface area (TPSA) is 145 Å². The van der Waals surface area contributed by atoms with Gasteiger partial charge in [0.2, 0.25) is 0 Å². The standard InChI is InChI=1S/C25H25N5O4S/c26-17-25(11-1-3-20(25)16-35(32,33)34)19-5-7-21(8-6-19)30-24(31)22-4-2-12-28-23(22)29-15-18-9-13-27-14-10-18/h2,4-10,12-14,20H,1,3,11,15-16H2,(H,28,29)(H,30,31)(H,32,33,34). The number of nitriles is 1. The third-order valence-electron chi connectivity index (χ3n) is 6.35. The summed E-state index contributed by atoms with van der Waals surface area (Å²) in [6, 6.07) is 16.2. The van der Waals surface area contributed by atoms with E-state index in [1.165, 1.54) is 0 Å². The molecule has 2 unspecified atom stereocenters. The molecule has 1 fully saturated rings. The maximum atomic E-state index is 13.0. The highest BCUT2D eigenvalue weighted by atomic mass is 32.2. The molecule has 10 heteroatoms. The maximum Gasteiger partial charge on any atom is 0.265 e. The molecule has 9 nitrogen and oxygen atoms in total. The molecule has 0 aliphatic heterocycles. The summed E-state index contributed by atoms with van der Waals surface area (Å²) in [7, 11) is -4.20. The van der Waals surface area contributed by atoms with Gasteiger partial charge < -0.3 is 10.6 Å². The Kier molecular flexibility index (Phi) is 7.10. The number of anilines is 2.